The zero-order chi connectivity index (χ0) is 12.7. The molecule has 3 rings (SSSR count). The number of rotatable bonds is 3. The third-order valence-corrected chi connectivity index (χ3v) is 3.46. The van der Waals surface area contributed by atoms with Gasteiger partial charge in [-0.3, -0.25) is 4.79 Å². The van der Waals surface area contributed by atoms with Gasteiger partial charge in [0.25, 0.3) is 0 Å². The van der Waals surface area contributed by atoms with Crippen molar-refractivity contribution in [3.63, 3.8) is 0 Å². The van der Waals surface area contributed by atoms with E-state index in [2.05, 4.69) is 5.32 Å². The van der Waals surface area contributed by atoms with Crippen LogP contribution in [0.1, 0.15) is 25.8 Å². The summed E-state index contributed by atoms with van der Waals surface area (Å²) in [5.41, 5.74) is 7.54. The van der Waals surface area contributed by atoms with E-state index >= 15 is 0 Å². The number of anilines is 1. The second-order valence-corrected chi connectivity index (χ2v) is 5.00. The third-order valence-electron chi connectivity index (χ3n) is 3.46. The molecule has 94 valence electrons. The molecule has 1 aromatic carbocycles. The largest absolute Gasteiger partial charge is 0.399 e. The number of nitrogens with two attached hydrogens (primary N) is 1. The molecule has 1 aliphatic rings. The molecule has 1 aliphatic carbocycles. The highest BCUT2D eigenvalue weighted by molar-refractivity contribution is 5.87. The normalized spacial score (nSPS) is 16.7. The van der Waals surface area contributed by atoms with Gasteiger partial charge in [0.2, 0.25) is 5.91 Å². The summed E-state index contributed by atoms with van der Waals surface area (Å²) in [6.45, 7) is 1.92. The maximum atomic E-state index is 12.0. The van der Waals surface area contributed by atoms with E-state index in [1.54, 1.807) is 0 Å². The van der Waals surface area contributed by atoms with E-state index in [4.69, 9.17) is 5.73 Å². The van der Waals surface area contributed by atoms with Gasteiger partial charge in [0.05, 0.1) is 0 Å². The first-order valence-corrected chi connectivity index (χ1v) is 6.31. The van der Waals surface area contributed by atoms with Crippen molar-refractivity contribution < 1.29 is 4.79 Å². The van der Waals surface area contributed by atoms with E-state index in [-0.39, 0.29) is 11.9 Å². The van der Waals surface area contributed by atoms with Crippen molar-refractivity contribution >= 4 is 22.5 Å². The zero-order valence-electron chi connectivity index (χ0n) is 10.4. The first kappa shape index (κ1) is 11.1. The van der Waals surface area contributed by atoms with E-state index in [0.29, 0.717) is 6.04 Å². The summed E-state index contributed by atoms with van der Waals surface area (Å²) in [6, 6.07) is 7.96. The lowest BCUT2D eigenvalue weighted by atomic mass is 10.2. The molecular formula is C14H17N3O. The lowest BCUT2D eigenvalue weighted by molar-refractivity contribution is -0.123. The number of nitrogens with zero attached hydrogens (tertiary/aromatic N) is 1. The molecule has 4 nitrogen and oxygen atoms in total. The summed E-state index contributed by atoms with van der Waals surface area (Å²) in [6.07, 6.45) is 4.17. The predicted molar refractivity (Wildman–Crippen MR) is 72.2 cm³/mol. The van der Waals surface area contributed by atoms with Gasteiger partial charge in [0.15, 0.2) is 0 Å². The monoisotopic (exact) mass is 243 g/mol. The number of hydrogen-bond acceptors (Lipinski definition) is 2. The summed E-state index contributed by atoms with van der Waals surface area (Å²) in [7, 11) is 0. The topological polar surface area (TPSA) is 60.0 Å². The average molecular weight is 243 g/mol. The molecule has 1 fully saturated rings. The van der Waals surface area contributed by atoms with Gasteiger partial charge >= 0.3 is 0 Å². The summed E-state index contributed by atoms with van der Waals surface area (Å²) in [5.74, 6) is 0.0897. The van der Waals surface area contributed by atoms with Crippen LogP contribution in [0.4, 0.5) is 5.69 Å². The number of nitrogen functional groups attached to an aromatic ring is 1. The number of carbonyl (C=O) groups is 1. The van der Waals surface area contributed by atoms with Crippen LogP contribution in [0.5, 0.6) is 0 Å². The quantitative estimate of drug-likeness (QED) is 0.811. The molecule has 0 radical (unpaired) electrons. The van der Waals surface area contributed by atoms with Crippen molar-refractivity contribution in [2.45, 2.75) is 31.8 Å². The Balaban J connectivity index is 1.90. The van der Waals surface area contributed by atoms with Crippen molar-refractivity contribution in [3.05, 3.63) is 30.5 Å². The van der Waals surface area contributed by atoms with Gasteiger partial charge in [-0.2, -0.15) is 0 Å². The molecule has 0 aliphatic heterocycles. The molecule has 1 unspecified atom stereocenters. The van der Waals surface area contributed by atoms with Crippen LogP contribution in [0.25, 0.3) is 10.9 Å². The van der Waals surface area contributed by atoms with Crippen LogP contribution >= 0.6 is 0 Å². The fourth-order valence-corrected chi connectivity index (χ4v) is 2.20. The van der Waals surface area contributed by atoms with Gasteiger partial charge in [0, 0.05) is 28.8 Å². The van der Waals surface area contributed by atoms with E-state index in [0.717, 1.165) is 29.4 Å². The summed E-state index contributed by atoms with van der Waals surface area (Å²) < 4.78 is 1.99. The molecule has 1 aromatic heterocycles. The molecule has 0 saturated heterocycles. The first-order valence-electron chi connectivity index (χ1n) is 6.31. The summed E-state index contributed by atoms with van der Waals surface area (Å²) >= 11 is 0. The second-order valence-electron chi connectivity index (χ2n) is 5.00. The van der Waals surface area contributed by atoms with Gasteiger partial charge in [-0.15, -0.1) is 0 Å². The van der Waals surface area contributed by atoms with Gasteiger partial charge in [0.1, 0.15) is 6.04 Å². The molecule has 1 amide bonds. The number of amides is 1. The Morgan fingerprint density at radius 3 is 2.94 bits per heavy atom. The van der Waals surface area contributed by atoms with Crippen molar-refractivity contribution in [2.75, 3.05) is 5.73 Å². The molecule has 0 bridgehead atoms. The average Bonchev–Trinajstić information content (AvgIpc) is 3.06. The van der Waals surface area contributed by atoms with Crippen LogP contribution in [-0.4, -0.2) is 16.5 Å². The summed E-state index contributed by atoms with van der Waals surface area (Å²) in [5, 5.41) is 4.10. The highest BCUT2D eigenvalue weighted by Crippen LogP contribution is 2.24. The SMILES string of the molecule is CC(C(=O)NC1CC1)n1ccc2cc(N)ccc21. The van der Waals surface area contributed by atoms with E-state index < -0.39 is 0 Å². The van der Waals surface area contributed by atoms with Gasteiger partial charge in [-0.05, 0) is 44.0 Å². The van der Waals surface area contributed by atoms with Crippen LogP contribution in [0.3, 0.4) is 0 Å². The standard InChI is InChI=1S/C14H17N3O/c1-9(14(18)16-12-3-4-12)17-7-6-10-8-11(15)2-5-13(10)17/h2,5-9,12H,3-4,15H2,1H3,(H,16,18). The first-order chi connectivity index (χ1) is 8.65. The molecular weight excluding hydrogens is 226 g/mol. The smallest absolute Gasteiger partial charge is 0.242 e. The third kappa shape index (κ3) is 1.94. The molecule has 1 heterocycles. The Morgan fingerprint density at radius 1 is 1.44 bits per heavy atom. The second kappa shape index (κ2) is 4.05. The number of carbonyl (C=O) groups excluding carboxylic acids is 1. The molecule has 0 spiro atoms. The Bertz CT molecular complexity index is 598. The number of hydrogen-bond donors (Lipinski definition) is 2. The maximum Gasteiger partial charge on any atom is 0.242 e. The van der Waals surface area contributed by atoms with E-state index in [1.165, 1.54) is 0 Å². The lowest BCUT2D eigenvalue weighted by Crippen LogP contribution is -2.32. The fraction of sp³-hybridized carbons (Fsp3) is 0.357. The Morgan fingerprint density at radius 2 is 2.22 bits per heavy atom. The minimum atomic E-state index is -0.188. The number of fused-ring (bicyclic) bond motifs is 1. The van der Waals surface area contributed by atoms with Gasteiger partial charge < -0.3 is 15.6 Å². The van der Waals surface area contributed by atoms with Crippen molar-refractivity contribution in [1.29, 1.82) is 0 Å². The fourth-order valence-electron chi connectivity index (χ4n) is 2.20. The Labute approximate surface area is 106 Å². The highest BCUT2D eigenvalue weighted by Gasteiger charge is 2.26. The van der Waals surface area contributed by atoms with Crippen molar-refractivity contribution in [3.8, 4) is 0 Å². The van der Waals surface area contributed by atoms with E-state index in [1.807, 2.05) is 42.0 Å². The molecule has 4 heteroatoms. The Hall–Kier alpha value is -1.97. The highest BCUT2D eigenvalue weighted by atomic mass is 16.2. The summed E-state index contributed by atoms with van der Waals surface area (Å²) in [4.78, 5) is 12.0. The molecule has 2 aromatic rings. The van der Waals surface area contributed by atoms with Crippen LogP contribution in [0.15, 0.2) is 30.5 Å². The van der Waals surface area contributed by atoms with E-state index in [9.17, 15) is 4.79 Å². The Kier molecular flexibility index (Phi) is 2.51. The molecule has 1 atom stereocenters. The maximum absolute atomic E-state index is 12.0. The lowest BCUT2D eigenvalue weighted by Gasteiger charge is -2.15. The zero-order valence-corrected chi connectivity index (χ0v) is 10.4. The minimum Gasteiger partial charge on any atom is -0.399 e. The van der Waals surface area contributed by atoms with Crippen LogP contribution in [0, 0.1) is 0 Å². The number of benzene rings is 1. The predicted octanol–water partition coefficient (Wildman–Crippen LogP) is 2.06. The van der Waals surface area contributed by atoms with Crippen LogP contribution in [0.2, 0.25) is 0 Å². The van der Waals surface area contributed by atoms with Crippen molar-refractivity contribution in [1.82, 2.24) is 9.88 Å². The molecule has 18 heavy (non-hydrogen) atoms. The minimum absolute atomic E-state index is 0.0897. The van der Waals surface area contributed by atoms with Crippen molar-refractivity contribution in [2.24, 2.45) is 0 Å². The number of aromatic nitrogens is 1. The number of nitrogens with one attached hydrogen (secondary N) is 1. The molecule has 1 saturated carbocycles. The van der Waals surface area contributed by atoms with Crippen LogP contribution in [-0.2, 0) is 4.79 Å². The van der Waals surface area contributed by atoms with Gasteiger partial charge in [-0.25, -0.2) is 0 Å². The van der Waals surface area contributed by atoms with Gasteiger partial charge in [-0.1, -0.05) is 0 Å². The van der Waals surface area contributed by atoms with Crippen LogP contribution < -0.4 is 11.1 Å². The molecule has 3 N–H and O–H groups in total.